The Morgan fingerprint density at radius 1 is 1.22 bits per heavy atom. The van der Waals surface area contributed by atoms with Crippen molar-refractivity contribution in [2.45, 2.75) is 25.6 Å². The van der Waals surface area contributed by atoms with E-state index in [0.717, 1.165) is 24.1 Å². The zero-order valence-corrected chi connectivity index (χ0v) is 15.6. The molecule has 0 spiro atoms. The minimum atomic E-state index is -0.339. The first-order valence-electron chi connectivity index (χ1n) is 9.00. The van der Waals surface area contributed by atoms with Crippen LogP contribution in [0.1, 0.15) is 28.1 Å². The zero-order valence-electron chi connectivity index (χ0n) is 14.7. The minimum Gasteiger partial charge on any atom is -0.489 e. The summed E-state index contributed by atoms with van der Waals surface area (Å²) in [6.45, 7) is 1.34. The molecule has 0 unspecified atom stereocenters. The van der Waals surface area contributed by atoms with Crippen LogP contribution in [0, 0.1) is 5.82 Å². The Morgan fingerprint density at radius 2 is 2.07 bits per heavy atom. The number of amides is 1. The summed E-state index contributed by atoms with van der Waals surface area (Å²) in [4.78, 5) is 13.3. The van der Waals surface area contributed by atoms with Gasteiger partial charge in [-0.25, -0.2) is 4.39 Å². The highest BCUT2D eigenvalue weighted by molar-refractivity contribution is 7.21. The maximum Gasteiger partial charge on any atom is 0.261 e. The summed E-state index contributed by atoms with van der Waals surface area (Å²) in [5.41, 5.74) is 0.585. The lowest BCUT2D eigenvalue weighted by atomic mass is 10.1. The lowest BCUT2D eigenvalue weighted by molar-refractivity contribution is 0.0859. The number of thiophene rings is 1. The van der Waals surface area contributed by atoms with Gasteiger partial charge < -0.3 is 14.8 Å². The van der Waals surface area contributed by atoms with Gasteiger partial charge in [0, 0.05) is 28.8 Å². The maximum absolute atomic E-state index is 14.5. The molecule has 1 N–H and O–H groups in total. The predicted octanol–water partition coefficient (Wildman–Crippen LogP) is 4.53. The van der Waals surface area contributed by atoms with Crippen LogP contribution in [0.5, 0.6) is 5.75 Å². The number of benzene rings is 2. The van der Waals surface area contributed by atoms with E-state index in [4.69, 9.17) is 9.47 Å². The Kier molecular flexibility index (Phi) is 5.36. The second kappa shape index (κ2) is 8.06. The molecule has 1 amide bonds. The van der Waals surface area contributed by atoms with Crippen LogP contribution in [0.2, 0.25) is 0 Å². The standard InChI is InChI=1S/C21H20FNO3S/c22-17-9-4-10-18-19(17)16(13-26-14-6-2-1-3-7-14)20(27-18)21(24)23-12-15-8-5-11-25-15/h1-4,6-7,9-10,15H,5,8,11-13H2,(H,23,24)/t15-/m0/s1. The topological polar surface area (TPSA) is 47.6 Å². The molecule has 0 bridgehead atoms. The lowest BCUT2D eigenvalue weighted by Crippen LogP contribution is -2.31. The molecule has 1 aromatic heterocycles. The fourth-order valence-electron chi connectivity index (χ4n) is 3.25. The van der Waals surface area contributed by atoms with Crippen LogP contribution in [-0.4, -0.2) is 25.2 Å². The van der Waals surface area contributed by atoms with E-state index in [1.54, 1.807) is 6.07 Å². The molecule has 6 heteroatoms. The fourth-order valence-corrected chi connectivity index (χ4v) is 4.39. The average molecular weight is 385 g/mol. The van der Waals surface area contributed by atoms with E-state index >= 15 is 0 Å². The van der Waals surface area contributed by atoms with Crippen molar-refractivity contribution in [3.8, 4) is 5.75 Å². The van der Waals surface area contributed by atoms with Gasteiger partial charge in [-0.15, -0.1) is 11.3 Å². The molecule has 3 aromatic rings. The van der Waals surface area contributed by atoms with Crippen molar-refractivity contribution < 1.29 is 18.7 Å². The number of ether oxygens (including phenoxy) is 2. The zero-order chi connectivity index (χ0) is 18.6. The van der Waals surface area contributed by atoms with Crippen molar-refractivity contribution in [2.75, 3.05) is 13.2 Å². The van der Waals surface area contributed by atoms with E-state index in [1.807, 2.05) is 36.4 Å². The van der Waals surface area contributed by atoms with E-state index in [2.05, 4.69) is 5.32 Å². The molecule has 0 radical (unpaired) electrons. The smallest absolute Gasteiger partial charge is 0.261 e. The van der Waals surface area contributed by atoms with Crippen molar-refractivity contribution in [1.82, 2.24) is 5.32 Å². The Bertz CT molecular complexity index is 935. The molecule has 2 heterocycles. The summed E-state index contributed by atoms with van der Waals surface area (Å²) in [6, 6.07) is 14.2. The van der Waals surface area contributed by atoms with E-state index < -0.39 is 0 Å². The third-order valence-corrected chi connectivity index (χ3v) is 5.81. The molecule has 2 aromatic carbocycles. The predicted molar refractivity (Wildman–Crippen MR) is 104 cm³/mol. The number of hydrogen-bond acceptors (Lipinski definition) is 4. The van der Waals surface area contributed by atoms with Gasteiger partial charge in [0.25, 0.3) is 5.91 Å². The lowest BCUT2D eigenvalue weighted by Gasteiger charge is -2.12. The molecule has 4 nitrogen and oxygen atoms in total. The highest BCUT2D eigenvalue weighted by Gasteiger charge is 2.23. The van der Waals surface area contributed by atoms with Crippen molar-refractivity contribution >= 4 is 27.3 Å². The first kappa shape index (κ1) is 17.9. The molecule has 1 atom stereocenters. The van der Waals surface area contributed by atoms with E-state index in [9.17, 15) is 9.18 Å². The molecule has 0 aliphatic carbocycles. The normalized spacial score (nSPS) is 16.6. The summed E-state index contributed by atoms with van der Waals surface area (Å²) >= 11 is 1.29. The van der Waals surface area contributed by atoms with Crippen molar-refractivity contribution in [2.24, 2.45) is 0 Å². The van der Waals surface area contributed by atoms with Crippen LogP contribution in [0.4, 0.5) is 4.39 Å². The SMILES string of the molecule is O=C(NC[C@@H]1CCCO1)c1sc2cccc(F)c2c1COc1ccccc1. The number of para-hydroxylation sites is 1. The summed E-state index contributed by atoms with van der Waals surface area (Å²) in [7, 11) is 0. The number of fused-ring (bicyclic) bond motifs is 1. The molecular formula is C21H20FNO3S. The quantitative estimate of drug-likeness (QED) is 0.678. The highest BCUT2D eigenvalue weighted by atomic mass is 32.1. The Balaban J connectivity index is 1.60. The first-order valence-corrected chi connectivity index (χ1v) is 9.81. The summed E-state index contributed by atoms with van der Waals surface area (Å²) in [6.07, 6.45) is 2.03. The minimum absolute atomic E-state index is 0.0593. The van der Waals surface area contributed by atoms with Gasteiger partial charge in [0.15, 0.2) is 0 Å². The van der Waals surface area contributed by atoms with Crippen LogP contribution in [0.3, 0.4) is 0 Å². The van der Waals surface area contributed by atoms with Gasteiger partial charge >= 0.3 is 0 Å². The number of nitrogens with one attached hydrogen (secondary N) is 1. The molecule has 0 saturated carbocycles. The monoisotopic (exact) mass is 385 g/mol. The van der Waals surface area contributed by atoms with Gasteiger partial charge in [-0.05, 0) is 37.1 Å². The summed E-state index contributed by atoms with van der Waals surface area (Å²) in [5, 5.41) is 3.39. The molecular weight excluding hydrogens is 365 g/mol. The first-order chi connectivity index (χ1) is 13.2. The molecule has 1 fully saturated rings. The Hall–Kier alpha value is -2.44. The van der Waals surface area contributed by atoms with Gasteiger partial charge in [0.05, 0.1) is 11.0 Å². The number of halogens is 1. The summed E-state index contributed by atoms with van der Waals surface area (Å²) < 4.78 is 26.6. The van der Waals surface area contributed by atoms with Crippen LogP contribution >= 0.6 is 11.3 Å². The van der Waals surface area contributed by atoms with Crippen LogP contribution in [-0.2, 0) is 11.3 Å². The van der Waals surface area contributed by atoms with E-state index in [-0.39, 0.29) is 24.4 Å². The van der Waals surface area contributed by atoms with Gasteiger partial charge in [-0.1, -0.05) is 24.3 Å². The van der Waals surface area contributed by atoms with Gasteiger partial charge in [-0.3, -0.25) is 4.79 Å². The highest BCUT2D eigenvalue weighted by Crippen LogP contribution is 2.34. The third kappa shape index (κ3) is 3.96. The number of hydrogen-bond donors (Lipinski definition) is 1. The maximum atomic E-state index is 14.5. The second-order valence-corrected chi connectivity index (χ2v) is 7.52. The number of carbonyl (C=O) groups is 1. The van der Waals surface area contributed by atoms with Crippen molar-refractivity contribution in [3.05, 3.63) is 64.8 Å². The Labute approximate surface area is 160 Å². The van der Waals surface area contributed by atoms with Crippen LogP contribution < -0.4 is 10.1 Å². The summed E-state index contributed by atoms with van der Waals surface area (Å²) in [5.74, 6) is 0.130. The number of carbonyl (C=O) groups excluding carboxylic acids is 1. The average Bonchev–Trinajstić information content (AvgIpc) is 3.33. The third-order valence-electron chi connectivity index (χ3n) is 4.61. The van der Waals surface area contributed by atoms with E-state index in [0.29, 0.717) is 28.1 Å². The van der Waals surface area contributed by atoms with Gasteiger partial charge in [0.1, 0.15) is 18.2 Å². The van der Waals surface area contributed by atoms with Crippen molar-refractivity contribution in [1.29, 1.82) is 0 Å². The Morgan fingerprint density at radius 3 is 2.85 bits per heavy atom. The van der Waals surface area contributed by atoms with E-state index in [1.165, 1.54) is 17.4 Å². The molecule has 1 saturated heterocycles. The second-order valence-electron chi connectivity index (χ2n) is 6.47. The van der Waals surface area contributed by atoms with Crippen LogP contribution in [0.15, 0.2) is 48.5 Å². The molecule has 140 valence electrons. The largest absolute Gasteiger partial charge is 0.489 e. The molecule has 1 aliphatic heterocycles. The fraction of sp³-hybridized carbons (Fsp3) is 0.286. The van der Waals surface area contributed by atoms with Gasteiger partial charge in [-0.2, -0.15) is 0 Å². The molecule has 4 rings (SSSR count). The number of rotatable bonds is 6. The van der Waals surface area contributed by atoms with Crippen LogP contribution in [0.25, 0.3) is 10.1 Å². The molecule has 27 heavy (non-hydrogen) atoms. The van der Waals surface area contributed by atoms with Crippen molar-refractivity contribution in [3.63, 3.8) is 0 Å². The molecule has 1 aliphatic rings. The van der Waals surface area contributed by atoms with Gasteiger partial charge in [0.2, 0.25) is 0 Å².